The highest BCUT2D eigenvalue weighted by atomic mass is 14.1. The molecule has 0 aliphatic heterocycles. The SMILES string of the molecule is CCCCCCCCCCCCCc1cccc2ccccc12. The first-order chi connectivity index (χ1) is 11.4. The molecule has 2 rings (SSSR count). The van der Waals surface area contributed by atoms with Crippen molar-refractivity contribution in [3.63, 3.8) is 0 Å². The third kappa shape index (κ3) is 6.77. The Morgan fingerprint density at radius 2 is 1.13 bits per heavy atom. The minimum Gasteiger partial charge on any atom is -0.0654 e. The molecule has 0 heteroatoms. The average Bonchev–Trinajstić information content (AvgIpc) is 2.60. The van der Waals surface area contributed by atoms with Crippen molar-refractivity contribution < 1.29 is 0 Å². The molecule has 2 aromatic rings. The Bertz CT molecular complexity index is 535. The Hall–Kier alpha value is -1.30. The van der Waals surface area contributed by atoms with E-state index in [1.54, 1.807) is 0 Å². The molecule has 0 spiro atoms. The van der Waals surface area contributed by atoms with E-state index in [4.69, 9.17) is 0 Å². The number of unbranched alkanes of at least 4 members (excludes halogenated alkanes) is 10. The van der Waals surface area contributed by atoms with Gasteiger partial charge in [-0.25, -0.2) is 0 Å². The maximum Gasteiger partial charge on any atom is -0.0152 e. The number of hydrogen-bond acceptors (Lipinski definition) is 0. The van der Waals surface area contributed by atoms with Gasteiger partial charge < -0.3 is 0 Å². The van der Waals surface area contributed by atoms with Gasteiger partial charge in [0.25, 0.3) is 0 Å². The summed E-state index contributed by atoms with van der Waals surface area (Å²) in [5, 5.41) is 2.83. The molecule has 2 aromatic carbocycles. The lowest BCUT2D eigenvalue weighted by Crippen LogP contribution is -1.88. The molecule has 0 nitrogen and oxygen atoms in total. The van der Waals surface area contributed by atoms with Crippen molar-refractivity contribution in [2.75, 3.05) is 0 Å². The van der Waals surface area contributed by atoms with Gasteiger partial charge in [-0.3, -0.25) is 0 Å². The minimum absolute atomic E-state index is 1.23. The van der Waals surface area contributed by atoms with Crippen LogP contribution in [0.25, 0.3) is 10.8 Å². The molecule has 0 aliphatic carbocycles. The van der Waals surface area contributed by atoms with E-state index >= 15 is 0 Å². The summed E-state index contributed by atoms with van der Waals surface area (Å²) < 4.78 is 0. The van der Waals surface area contributed by atoms with Crippen molar-refractivity contribution >= 4 is 10.8 Å². The number of rotatable bonds is 12. The zero-order chi connectivity index (χ0) is 16.2. The van der Waals surface area contributed by atoms with Crippen LogP contribution in [0.1, 0.15) is 83.1 Å². The zero-order valence-corrected chi connectivity index (χ0v) is 15.0. The van der Waals surface area contributed by atoms with Crippen molar-refractivity contribution in [1.29, 1.82) is 0 Å². The molecule has 0 heterocycles. The van der Waals surface area contributed by atoms with E-state index in [1.165, 1.54) is 93.4 Å². The summed E-state index contributed by atoms with van der Waals surface area (Å²) in [7, 11) is 0. The molecular formula is C23H34. The highest BCUT2D eigenvalue weighted by molar-refractivity contribution is 5.85. The number of aryl methyl sites for hydroxylation is 1. The van der Waals surface area contributed by atoms with Gasteiger partial charge in [0, 0.05) is 0 Å². The monoisotopic (exact) mass is 310 g/mol. The fraction of sp³-hybridized carbons (Fsp3) is 0.565. The van der Waals surface area contributed by atoms with Crippen molar-refractivity contribution in [2.45, 2.75) is 84.0 Å². The van der Waals surface area contributed by atoms with E-state index in [0.29, 0.717) is 0 Å². The van der Waals surface area contributed by atoms with Crippen LogP contribution in [0.2, 0.25) is 0 Å². The van der Waals surface area contributed by atoms with E-state index < -0.39 is 0 Å². The number of benzene rings is 2. The van der Waals surface area contributed by atoms with Crippen molar-refractivity contribution in [3.8, 4) is 0 Å². The standard InChI is InChI=1S/C23H34/c1-2-3-4-5-6-7-8-9-10-11-12-16-21-18-15-19-22-17-13-14-20-23(21)22/h13-15,17-20H,2-12,16H2,1H3. The lowest BCUT2D eigenvalue weighted by atomic mass is 9.99. The molecule has 126 valence electrons. The lowest BCUT2D eigenvalue weighted by molar-refractivity contribution is 0.550. The van der Waals surface area contributed by atoms with Crippen LogP contribution in [0, 0.1) is 0 Å². The third-order valence-corrected chi connectivity index (χ3v) is 4.93. The van der Waals surface area contributed by atoms with Crippen LogP contribution in [0.15, 0.2) is 42.5 Å². The van der Waals surface area contributed by atoms with Gasteiger partial charge in [0.05, 0.1) is 0 Å². The average molecular weight is 311 g/mol. The van der Waals surface area contributed by atoms with E-state index in [1.807, 2.05) is 0 Å². The molecule has 0 saturated heterocycles. The molecule has 0 atom stereocenters. The molecule has 23 heavy (non-hydrogen) atoms. The van der Waals surface area contributed by atoms with Crippen LogP contribution >= 0.6 is 0 Å². The van der Waals surface area contributed by atoms with Gasteiger partial charge in [-0.05, 0) is 29.2 Å². The van der Waals surface area contributed by atoms with E-state index in [0.717, 1.165) is 0 Å². The molecule has 0 amide bonds. The van der Waals surface area contributed by atoms with Crippen LogP contribution in [0.3, 0.4) is 0 Å². The second-order valence-electron chi connectivity index (χ2n) is 6.92. The predicted molar refractivity (Wildman–Crippen MR) is 104 cm³/mol. The van der Waals surface area contributed by atoms with Crippen LogP contribution in [0.4, 0.5) is 0 Å². The van der Waals surface area contributed by atoms with Crippen LogP contribution in [-0.2, 0) is 6.42 Å². The highest BCUT2D eigenvalue weighted by Gasteiger charge is 2.00. The fourth-order valence-corrected chi connectivity index (χ4v) is 3.49. The molecular weight excluding hydrogens is 276 g/mol. The largest absolute Gasteiger partial charge is 0.0654 e. The number of fused-ring (bicyclic) bond motifs is 1. The molecule has 0 aliphatic rings. The summed E-state index contributed by atoms with van der Waals surface area (Å²) in [6.45, 7) is 2.29. The molecule has 0 fully saturated rings. The summed E-state index contributed by atoms with van der Waals surface area (Å²) in [5.74, 6) is 0. The molecule has 0 N–H and O–H groups in total. The molecule has 0 bridgehead atoms. The Morgan fingerprint density at radius 1 is 0.565 bits per heavy atom. The maximum absolute atomic E-state index is 2.30. The summed E-state index contributed by atoms with van der Waals surface area (Å²) in [5.41, 5.74) is 1.53. The summed E-state index contributed by atoms with van der Waals surface area (Å²) in [6, 6.07) is 15.5. The zero-order valence-electron chi connectivity index (χ0n) is 15.0. The second kappa shape index (κ2) is 11.3. The predicted octanol–water partition coefficient (Wildman–Crippen LogP) is 7.69. The van der Waals surface area contributed by atoms with E-state index in [2.05, 4.69) is 49.4 Å². The van der Waals surface area contributed by atoms with Crippen LogP contribution in [-0.4, -0.2) is 0 Å². The van der Waals surface area contributed by atoms with E-state index in [9.17, 15) is 0 Å². The van der Waals surface area contributed by atoms with E-state index in [-0.39, 0.29) is 0 Å². The Kier molecular flexibility index (Phi) is 8.84. The topological polar surface area (TPSA) is 0 Å². The van der Waals surface area contributed by atoms with Gasteiger partial charge in [-0.15, -0.1) is 0 Å². The number of hydrogen-bond donors (Lipinski definition) is 0. The first-order valence-electron chi connectivity index (χ1n) is 9.88. The Morgan fingerprint density at radius 3 is 1.83 bits per heavy atom. The smallest absolute Gasteiger partial charge is 0.0152 e. The Balaban J connectivity index is 1.54. The van der Waals surface area contributed by atoms with Gasteiger partial charge in [-0.1, -0.05) is 114 Å². The Labute approximate surface area is 143 Å². The highest BCUT2D eigenvalue weighted by Crippen LogP contribution is 2.20. The normalized spacial score (nSPS) is 11.2. The molecule has 0 radical (unpaired) electrons. The first kappa shape index (κ1) is 18.0. The van der Waals surface area contributed by atoms with Crippen molar-refractivity contribution in [3.05, 3.63) is 48.0 Å². The van der Waals surface area contributed by atoms with Crippen LogP contribution < -0.4 is 0 Å². The van der Waals surface area contributed by atoms with Gasteiger partial charge in [0.2, 0.25) is 0 Å². The molecule has 0 aromatic heterocycles. The molecule has 0 unspecified atom stereocenters. The maximum atomic E-state index is 2.30. The summed E-state index contributed by atoms with van der Waals surface area (Å²) in [4.78, 5) is 0. The van der Waals surface area contributed by atoms with Crippen molar-refractivity contribution in [2.24, 2.45) is 0 Å². The third-order valence-electron chi connectivity index (χ3n) is 4.93. The van der Waals surface area contributed by atoms with Crippen LogP contribution in [0.5, 0.6) is 0 Å². The summed E-state index contributed by atoms with van der Waals surface area (Å²) in [6.07, 6.45) is 16.8. The first-order valence-corrected chi connectivity index (χ1v) is 9.88. The minimum atomic E-state index is 1.23. The lowest BCUT2D eigenvalue weighted by Gasteiger charge is -2.06. The second-order valence-corrected chi connectivity index (χ2v) is 6.92. The van der Waals surface area contributed by atoms with Gasteiger partial charge in [-0.2, -0.15) is 0 Å². The van der Waals surface area contributed by atoms with Gasteiger partial charge in [0.15, 0.2) is 0 Å². The molecule has 0 saturated carbocycles. The van der Waals surface area contributed by atoms with Crippen molar-refractivity contribution in [1.82, 2.24) is 0 Å². The van der Waals surface area contributed by atoms with Gasteiger partial charge in [0.1, 0.15) is 0 Å². The summed E-state index contributed by atoms with van der Waals surface area (Å²) >= 11 is 0. The van der Waals surface area contributed by atoms with Gasteiger partial charge >= 0.3 is 0 Å². The quantitative estimate of drug-likeness (QED) is 0.352. The fourth-order valence-electron chi connectivity index (χ4n) is 3.49.